The molecule has 0 aliphatic heterocycles. The van der Waals surface area contributed by atoms with E-state index in [9.17, 15) is 13.2 Å². The van der Waals surface area contributed by atoms with Crippen molar-refractivity contribution in [1.82, 2.24) is 10.4 Å². The largest absolute Gasteiger partial charge is 0.271 e. The summed E-state index contributed by atoms with van der Waals surface area (Å²) in [5.41, 5.74) is 4.36. The van der Waals surface area contributed by atoms with Gasteiger partial charge in [-0.05, 0) is 42.8 Å². The number of amides is 1. The van der Waals surface area contributed by atoms with Crippen LogP contribution in [0, 0.1) is 6.92 Å². The third kappa shape index (κ3) is 5.26. The van der Waals surface area contributed by atoms with Gasteiger partial charge in [-0.2, -0.15) is 5.10 Å². The topological polar surface area (TPSA) is 91.7 Å². The first kappa shape index (κ1) is 20.2. The number of carbonyl (C=O) groups excluding carboxylic acids is 1. The molecule has 0 bridgehead atoms. The Balaban J connectivity index is 1.84. The van der Waals surface area contributed by atoms with Crippen molar-refractivity contribution in [3.05, 3.63) is 90.3 Å². The lowest BCUT2D eigenvalue weighted by Gasteiger charge is -2.24. The van der Waals surface area contributed by atoms with Gasteiger partial charge in [-0.15, -0.1) is 0 Å². The second kappa shape index (κ2) is 9.11. The number of nitrogens with one attached hydrogen (secondary N) is 1. The molecule has 1 N–H and O–H groups in total. The Morgan fingerprint density at radius 1 is 1.10 bits per heavy atom. The van der Waals surface area contributed by atoms with Crippen molar-refractivity contribution in [3.63, 3.8) is 0 Å². The first-order chi connectivity index (χ1) is 14.0. The highest BCUT2D eigenvalue weighted by Gasteiger charge is 2.27. The van der Waals surface area contributed by atoms with Gasteiger partial charge >= 0.3 is 0 Å². The van der Waals surface area contributed by atoms with Crippen LogP contribution in [-0.4, -0.2) is 32.1 Å². The highest BCUT2D eigenvalue weighted by atomic mass is 32.2. The Morgan fingerprint density at radius 3 is 2.59 bits per heavy atom. The molecule has 2 aromatic carbocycles. The number of pyridine rings is 1. The van der Waals surface area contributed by atoms with E-state index in [1.165, 1.54) is 18.3 Å². The molecule has 148 valence electrons. The Morgan fingerprint density at radius 2 is 1.90 bits per heavy atom. The van der Waals surface area contributed by atoms with Gasteiger partial charge in [0.15, 0.2) is 0 Å². The summed E-state index contributed by atoms with van der Waals surface area (Å²) in [5.74, 6) is -0.564. The monoisotopic (exact) mass is 408 g/mol. The quantitative estimate of drug-likeness (QED) is 0.481. The van der Waals surface area contributed by atoms with Gasteiger partial charge < -0.3 is 0 Å². The average molecular weight is 408 g/mol. The summed E-state index contributed by atoms with van der Waals surface area (Å²) in [5, 5.41) is 3.87. The van der Waals surface area contributed by atoms with Crippen LogP contribution < -0.4 is 9.73 Å². The highest BCUT2D eigenvalue weighted by Crippen LogP contribution is 2.24. The predicted molar refractivity (Wildman–Crippen MR) is 112 cm³/mol. The molecular formula is C21H20N4O3S. The van der Waals surface area contributed by atoms with Crippen molar-refractivity contribution < 1.29 is 13.2 Å². The van der Waals surface area contributed by atoms with Crippen LogP contribution in [0.1, 0.15) is 11.1 Å². The first-order valence-corrected chi connectivity index (χ1v) is 10.3. The predicted octanol–water partition coefficient (Wildman–Crippen LogP) is 2.74. The molecule has 0 radical (unpaired) electrons. The molecule has 0 unspecified atom stereocenters. The standard InChI is InChI=1S/C21H20N4O3S/c1-17-7-5-9-19(13-17)25(29(27,28)20-10-3-2-4-11-20)16-21(26)24-23-15-18-8-6-12-22-14-18/h2-15H,16H2,1H3,(H,24,26)/b23-15-. The minimum atomic E-state index is -3.93. The molecule has 1 amide bonds. The van der Waals surface area contributed by atoms with Crippen molar-refractivity contribution >= 4 is 27.8 Å². The third-order valence-corrected chi connectivity index (χ3v) is 5.78. The molecule has 0 aliphatic rings. The molecule has 1 heterocycles. The van der Waals surface area contributed by atoms with Gasteiger partial charge in [0.05, 0.1) is 16.8 Å². The Hall–Kier alpha value is -3.52. The Kier molecular flexibility index (Phi) is 6.36. The summed E-state index contributed by atoms with van der Waals surface area (Å²) in [6.07, 6.45) is 4.66. The van der Waals surface area contributed by atoms with Gasteiger partial charge in [0, 0.05) is 18.0 Å². The fraction of sp³-hybridized carbons (Fsp3) is 0.0952. The number of hydrogen-bond acceptors (Lipinski definition) is 5. The fourth-order valence-electron chi connectivity index (χ4n) is 2.61. The molecular weight excluding hydrogens is 388 g/mol. The average Bonchev–Trinajstić information content (AvgIpc) is 2.73. The normalized spacial score (nSPS) is 11.3. The molecule has 8 heteroatoms. The summed E-state index contributed by atoms with van der Waals surface area (Å²) in [4.78, 5) is 16.5. The van der Waals surface area contributed by atoms with Crippen LogP contribution in [0.25, 0.3) is 0 Å². The van der Waals surface area contributed by atoms with Crippen LogP contribution in [0.3, 0.4) is 0 Å². The molecule has 0 spiro atoms. The summed E-state index contributed by atoms with van der Waals surface area (Å²) >= 11 is 0. The number of aryl methyl sites for hydroxylation is 1. The molecule has 3 aromatic rings. The molecule has 0 saturated carbocycles. The number of aromatic nitrogens is 1. The van der Waals surface area contributed by atoms with E-state index in [0.717, 1.165) is 9.87 Å². The number of nitrogens with zero attached hydrogens (tertiary/aromatic N) is 3. The highest BCUT2D eigenvalue weighted by molar-refractivity contribution is 7.92. The van der Waals surface area contributed by atoms with Gasteiger partial charge in [0.1, 0.15) is 6.54 Å². The SMILES string of the molecule is Cc1cccc(N(CC(=O)N/N=C\c2cccnc2)S(=O)(=O)c2ccccc2)c1. The number of benzene rings is 2. The van der Waals surface area contributed by atoms with Crippen molar-refractivity contribution in [1.29, 1.82) is 0 Å². The maximum atomic E-state index is 13.2. The number of hydrazone groups is 1. The van der Waals surface area contributed by atoms with Crippen LogP contribution in [0.5, 0.6) is 0 Å². The minimum absolute atomic E-state index is 0.105. The molecule has 0 atom stereocenters. The fourth-order valence-corrected chi connectivity index (χ4v) is 4.05. The van der Waals surface area contributed by atoms with E-state index >= 15 is 0 Å². The van der Waals surface area contributed by atoms with Gasteiger partial charge in [-0.1, -0.05) is 36.4 Å². The van der Waals surface area contributed by atoms with E-state index in [-0.39, 0.29) is 4.90 Å². The van der Waals surface area contributed by atoms with Gasteiger partial charge in [0.2, 0.25) is 0 Å². The van der Waals surface area contributed by atoms with Crippen LogP contribution in [0.2, 0.25) is 0 Å². The van der Waals surface area contributed by atoms with E-state index < -0.39 is 22.5 Å². The van der Waals surface area contributed by atoms with Crippen LogP contribution in [0.15, 0.2) is 89.1 Å². The van der Waals surface area contributed by atoms with E-state index in [1.807, 2.05) is 13.0 Å². The van der Waals surface area contributed by atoms with Crippen molar-refractivity contribution in [2.45, 2.75) is 11.8 Å². The molecule has 7 nitrogen and oxygen atoms in total. The van der Waals surface area contributed by atoms with Gasteiger partial charge in [-0.3, -0.25) is 14.1 Å². The zero-order chi connectivity index (χ0) is 20.7. The Labute approximate surface area is 169 Å². The van der Waals surface area contributed by atoms with Crippen LogP contribution in [0.4, 0.5) is 5.69 Å². The van der Waals surface area contributed by atoms with Crippen LogP contribution >= 0.6 is 0 Å². The lowest BCUT2D eigenvalue weighted by Crippen LogP contribution is -2.39. The summed E-state index contributed by atoms with van der Waals surface area (Å²) < 4.78 is 27.4. The zero-order valence-corrected chi connectivity index (χ0v) is 16.6. The lowest BCUT2D eigenvalue weighted by molar-refractivity contribution is -0.119. The summed E-state index contributed by atoms with van der Waals surface area (Å²) in [6, 6.07) is 18.5. The lowest BCUT2D eigenvalue weighted by atomic mass is 10.2. The van der Waals surface area contributed by atoms with Gasteiger partial charge in [-0.25, -0.2) is 13.8 Å². The van der Waals surface area contributed by atoms with Gasteiger partial charge in [0.25, 0.3) is 15.9 Å². The number of anilines is 1. The molecule has 29 heavy (non-hydrogen) atoms. The van der Waals surface area contributed by atoms with E-state index in [1.54, 1.807) is 60.9 Å². The second-order valence-corrected chi connectivity index (χ2v) is 8.11. The first-order valence-electron chi connectivity index (χ1n) is 8.83. The number of carbonyl (C=O) groups is 1. The zero-order valence-electron chi connectivity index (χ0n) is 15.8. The molecule has 0 aliphatic carbocycles. The molecule has 3 rings (SSSR count). The van der Waals surface area contributed by atoms with E-state index in [4.69, 9.17) is 0 Å². The van der Waals surface area contributed by atoms with Crippen molar-refractivity contribution in [2.24, 2.45) is 5.10 Å². The van der Waals surface area contributed by atoms with E-state index in [0.29, 0.717) is 11.3 Å². The smallest absolute Gasteiger partial charge is 0.264 e. The molecule has 0 fully saturated rings. The maximum Gasteiger partial charge on any atom is 0.264 e. The molecule has 0 saturated heterocycles. The molecule has 1 aromatic heterocycles. The number of rotatable bonds is 7. The van der Waals surface area contributed by atoms with E-state index in [2.05, 4.69) is 15.5 Å². The maximum absolute atomic E-state index is 13.2. The van der Waals surface area contributed by atoms with Crippen LogP contribution in [-0.2, 0) is 14.8 Å². The summed E-state index contributed by atoms with van der Waals surface area (Å²) in [6.45, 7) is 1.44. The Bertz CT molecular complexity index is 1100. The number of sulfonamides is 1. The van der Waals surface area contributed by atoms with Crippen molar-refractivity contribution in [3.8, 4) is 0 Å². The second-order valence-electron chi connectivity index (χ2n) is 6.24. The number of hydrogen-bond donors (Lipinski definition) is 1. The minimum Gasteiger partial charge on any atom is -0.271 e. The summed E-state index contributed by atoms with van der Waals surface area (Å²) in [7, 11) is -3.93. The third-order valence-electron chi connectivity index (χ3n) is 4.00. The van der Waals surface area contributed by atoms with Crippen molar-refractivity contribution in [2.75, 3.05) is 10.8 Å².